The molecule has 2 nitrogen and oxygen atoms in total. The molecule has 0 heterocycles. The summed E-state index contributed by atoms with van der Waals surface area (Å²) in [6.45, 7) is 14.6. The molecular weight excluding hydrogens is 224 g/mol. The standard InChI is InChI=1S/C16H26O2/c1-10-9-11(15(2,3)4)13(17)12(14(10)18-8)16(5,6)7/h9,17H,1-8H3. The summed E-state index contributed by atoms with van der Waals surface area (Å²) in [5, 5.41) is 10.6. The molecule has 1 rings (SSSR count). The molecule has 0 atom stereocenters. The third-order valence-corrected chi connectivity index (χ3v) is 3.20. The molecule has 0 unspecified atom stereocenters. The fourth-order valence-electron chi connectivity index (χ4n) is 2.32. The second-order valence-corrected chi connectivity index (χ2v) is 7.00. The van der Waals surface area contributed by atoms with Crippen molar-refractivity contribution in [3.8, 4) is 11.5 Å². The van der Waals surface area contributed by atoms with Crippen molar-refractivity contribution >= 4 is 0 Å². The molecule has 102 valence electrons. The molecule has 0 saturated carbocycles. The molecule has 2 heteroatoms. The van der Waals surface area contributed by atoms with Crippen LogP contribution < -0.4 is 4.74 Å². The van der Waals surface area contributed by atoms with Gasteiger partial charge in [-0.05, 0) is 29.4 Å². The van der Waals surface area contributed by atoms with Gasteiger partial charge in [0.05, 0.1) is 7.11 Å². The van der Waals surface area contributed by atoms with Crippen LogP contribution in [0.5, 0.6) is 11.5 Å². The summed E-state index contributed by atoms with van der Waals surface area (Å²) in [5.41, 5.74) is 2.72. The van der Waals surface area contributed by atoms with E-state index in [0.29, 0.717) is 5.75 Å². The minimum Gasteiger partial charge on any atom is -0.507 e. The summed E-state index contributed by atoms with van der Waals surface area (Å²) >= 11 is 0. The van der Waals surface area contributed by atoms with Gasteiger partial charge in [0.15, 0.2) is 0 Å². The number of aromatic hydroxyl groups is 1. The first-order valence-corrected chi connectivity index (χ1v) is 6.41. The quantitative estimate of drug-likeness (QED) is 0.805. The van der Waals surface area contributed by atoms with Crippen LogP contribution in [0.1, 0.15) is 58.2 Å². The molecule has 0 fully saturated rings. The zero-order valence-corrected chi connectivity index (χ0v) is 12.9. The molecule has 0 aromatic heterocycles. The molecule has 0 bridgehead atoms. The number of phenolic OH excluding ortho intramolecular Hbond substituents is 1. The first kappa shape index (κ1) is 14.9. The van der Waals surface area contributed by atoms with E-state index < -0.39 is 0 Å². The van der Waals surface area contributed by atoms with E-state index in [0.717, 1.165) is 22.4 Å². The Kier molecular flexibility index (Phi) is 3.71. The van der Waals surface area contributed by atoms with Gasteiger partial charge in [-0.25, -0.2) is 0 Å². The van der Waals surface area contributed by atoms with Gasteiger partial charge in [-0.1, -0.05) is 41.5 Å². The number of hydrogen-bond donors (Lipinski definition) is 1. The van der Waals surface area contributed by atoms with E-state index in [-0.39, 0.29) is 10.8 Å². The van der Waals surface area contributed by atoms with Crippen LogP contribution in [0.15, 0.2) is 6.07 Å². The number of hydrogen-bond acceptors (Lipinski definition) is 2. The fourth-order valence-corrected chi connectivity index (χ4v) is 2.32. The summed E-state index contributed by atoms with van der Waals surface area (Å²) < 4.78 is 5.49. The van der Waals surface area contributed by atoms with Crippen molar-refractivity contribution in [1.82, 2.24) is 0 Å². The van der Waals surface area contributed by atoms with E-state index >= 15 is 0 Å². The van der Waals surface area contributed by atoms with Crippen molar-refractivity contribution in [3.05, 3.63) is 22.8 Å². The molecule has 0 spiro atoms. The average Bonchev–Trinajstić information content (AvgIpc) is 2.16. The van der Waals surface area contributed by atoms with E-state index in [1.54, 1.807) is 7.11 Å². The summed E-state index contributed by atoms with van der Waals surface area (Å²) in [5.74, 6) is 1.17. The highest BCUT2D eigenvalue weighted by atomic mass is 16.5. The first-order valence-electron chi connectivity index (χ1n) is 6.41. The largest absolute Gasteiger partial charge is 0.507 e. The Morgan fingerprint density at radius 2 is 1.50 bits per heavy atom. The predicted octanol–water partition coefficient (Wildman–Crippen LogP) is 4.30. The van der Waals surface area contributed by atoms with Gasteiger partial charge in [0.25, 0.3) is 0 Å². The number of methoxy groups -OCH3 is 1. The van der Waals surface area contributed by atoms with Crippen molar-refractivity contribution in [3.63, 3.8) is 0 Å². The van der Waals surface area contributed by atoms with Crippen LogP contribution in [0.3, 0.4) is 0 Å². The minimum atomic E-state index is -0.151. The van der Waals surface area contributed by atoms with Crippen LogP contribution in [0.4, 0.5) is 0 Å². The molecule has 1 aromatic carbocycles. The Morgan fingerprint density at radius 1 is 1.00 bits per heavy atom. The van der Waals surface area contributed by atoms with Crippen LogP contribution in [-0.4, -0.2) is 12.2 Å². The molecule has 0 amide bonds. The molecule has 0 aliphatic rings. The van der Waals surface area contributed by atoms with Crippen molar-refractivity contribution in [1.29, 1.82) is 0 Å². The van der Waals surface area contributed by atoms with E-state index in [2.05, 4.69) is 41.5 Å². The van der Waals surface area contributed by atoms with Gasteiger partial charge >= 0.3 is 0 Å². The number of ether oxygens (including phenoxy) is 1. The van der Waals surface area contributed by atoms with Gasteiger partial charge in [0.2, 0.25) is 0 Å². The SMILES string of the molecule is COc1c(C)cc(C(C)(C)C)c(O)c1C(C)(C)C. The van der Waals surface area contributed by atoms with Gasteiger partial charge in [0, 0.05) is 11.1 Å². The van der Waals surface area contributed by atoms with E-state index in [9.17, 15) is 5.11 Å². The smallest absolute Gasteiger partial charge is 0.129 e. The minimum absolute atomic E-state index is 0.0822. The maximum Gasteiger partial charge on any atom is 0.129 e. The highest BCUT2D eigenvalue weighted by molar-refractivity contribution is 5.58. The first-order chi connectivity index (χ1) is 8.00. The molecule has 1 aromatic rings. The summed E-state index contributed by atoms with van der Waals surface area (Å²) in [6, 6.07) is 2.03. The van der Waals surface area contributed by atoms with Crippen LogP contribution in [0.25, 0.3) is 0 Å². The number of benzene rings is 1. The number of phenols is 1. The lowest BCUT2D eigenvalue weighted by atomic mass is 9.78. The Hall–Kier alpha value is -1.18. The normalized spacial score (nSPS) is 12.7. The van der Waals surface area contributed by atoms with Crippen molar-refractivity contribution in [2.24, 2.45) is 0 Å². The molecule has 18 heavy (non-hydrogen) atoms. The molecule has 0 aliphatic carbocycles. The molecular formula is C16H26O2. The Morgan fingerprint density at radius 3 is 1.83 bits per heavy atom. The van der Waals surface area contributed by atoms with Gasteiger partial charge in [-0.2, -0.15) is 0 Å². The van der Waals surface area contributed by atoms with Gasteiger partial charge in [-0.3, -0.25) is 0 Å². The van der Waals surface area contributed by atoms with E-state index in [4.69, 9.17) is 4.74 Å². The third kappa shape index (κ3) is 2.63. The maximum atomic E-state index is 10.6. The molecule has 0 saturated heterocycles. The van der Waals surface area contributed by atoms with E-state index in [1.807, 2.05) is 13.0 Å². The van der Waals surface area contributed by atoms with Crippen molar-refractivity contribution in [2.75, 3.05) is 7.11 Å². The molecule has 0 radical (unpaired) electrons. The monoisotopic (exact) mass is 250 g/mol. The predicted molar refractivity (Wildman–Crippen MR) is 76.8 cm³/mol. The maximum absolute atomic E-state index is 10.6. The Balaban J connectivity index is 3.71. The summed E-state index contributed by atoms with van der Waals surface area (Å²) in [7, 11) is 1.66. The summed E-state index contributed by atoms with van der Waals surface area (Å²) in [4.78, 5) is 0. The number of rotatable bonds is 1. The highest BCUT2D eigenvalue weighted by Gasteiger charge is 2.30. The second kappa shape index (κ2) is 4.49. The topological polar surface area (TPSA) is 29.5 Å². The van der Waals surface area contributed by atoms with Gasteiger partial charge < -0.3 is 9.84 Å². The number of aryl methyl sites for hydroxylation is 1. The van der Waals surface area contributed by atoms with Gasteiger partial charge in [-0.15, -0.1) is 0 Å². The lowest BCUT2D eigenvalue weighted by Crippen LogP contribution is -2.19. The Labute approximate surface area is 111 Å². The van der Waals surface area contributed by atoms with Crippen LogP contribution in [0.2, 0.25) is 0 Å². The lowest BCUT2D eigenvalue weighted by Gasteiger charge is -2.30. The summed E-state index contributed by atoms with van der Waals surface area (Å²) in [6.07, 6.45) is 0. The highest BCUT2D eigenvalue weighted by Crippen LogP contribution is 2.45. The average molecular weight is 250 g/mol. The van der Waals surface area contributed by atoms with Gasteiger partial charge in [0.1, 0.15) is 11.5 Å². The second-order valence-electron chi connectivity index (χ2n) is 7.00. The molecule has 1 N–H and O–H groups in total. The lowest BCUT2D eigenvalue weighted by molar-refractivity contribution is 0.372. The van der Waals surface area contributed by atoms with E-state index in [1.165, 1.54) is 0 Å². The van der Waals surface area contributed by atoms with Crippen LogP contribution in [0, 0.1) is 6.92 Å². The third-order valence-electron chi connectivity index (χ3n) is 3.20. The van der Waals surface area contributed by atoms with Crippen molar-refractivity contribution in [2.45, 2.75) is 59.3 Å². The Bertz CT molecular complexity index is 446. The zero-order valence-electron chi connectivity index (χ0n) is 12.9. The van der Waals surface area contributed by atoms with Crippen LogP contribution >= 0.6 is 0 Å². The van der Waals surface area contributed by atoms with Crippen LogP contribution in [-0.2, 0) is 10.8 Å². The molecule has 0 aliphatic heterocycles. The van der Waals surface area contributed by atoms with Crippen molar-refractivity contribution < 1.29 is 9.84 Å². The zero-order chi connectivity index (χ0) is 14.3. The fraction of sp³-hybridized carbons (Fsp3) is 0.625.